The summed E-state index contributed by atoms with van der Waals surface area (Å²) in [4.78, 5) is 9.64. The van der Waals surface area contributed by atoms with Gasteiger partial charge in [-0.25, -0.2) is 31.1 Å². The maximum atomic E-state index is 12.9. The number of hydrogen-bond acceptors (Lipinski definition) is 4. The summed E-state index contributed by atoms with van der Waals surface area (Å²) in [5.74, 6) is -6.95. The molecule has 0 amide bonds. The second kappa shape index (κ2) is 5.38. The van der Waals surface area contributed by atoms with Gasteiger partial charge in [0.15, 0.2) is 23.1 Å². The summed E-state index contributed by atoms with van der Waals surface area (Å²) in [7, 11) is -4.51. The van der Waals surface area contributed by atoms with E-state index >= 15 is 0 Å². The summed E-state index contributed by atoms with van der Waals surface area (Å²) >= 11 is 0. The highest BCUT2D eigenvalue weighted by Gasteiger charge is 2.32. The van der Waals surface area contributed by atoms with Gasteiger partial charge in [-0.1, -0.05) is 0 Å². The molecule has 3 N–H and O–H groups in total. The van der Waals surface area contributed by atoms with E-state index in [4.69, 9.17) is 5.11 Å². The van der Waals surface area contributed by atoms with Gasteiger partial charge in [-0.2, -0.15) is 0 Å². The van der Waals surface area contributed by atoms with E-state index < -0.39 is 50.5 Å². The van der Waals surface area contributed by atoms with E-state index in [1.54, 1.807) is 4.72 Å². The molecule has 112 valence electrons. The molecule has 0 aromatic heterocycles. The van der Waals surface area contributed by atoms with Crippen molar-refractivity contribution in [1.29, 1.82) is 0 Å². The van der Waals surface area contributed by atoms with Crippen molar-refractivity contribution >= 4 is 16.0 Å². The van der Waals surface area contributed by atoms with Gasteiger partial charge in [0.1, 0.15) is 0 Å². The molecule has 6 nitrogen and oxygen atoms in total. The van der Waals surface area contributed by atoms with Crippen molar-refractivity contribution in [3.63, 3.8) is 0 Å². The van der Waals surface area contributed by atoms with Gasteiger partial charge in [0.05, 0.1) is 11.4 Å². The molecule has 0 saturated carbocycles. The molecular formula is C10H10F3NO5S. The van der Waals surface area contributed by atoms with Crippen LogP contribution < -0.4 is 4.72 Å². The molecule has 0 heterocycles. The van der Waals surface area contributed by atoms with Crippen LogP contribution >= 0.6 is 0 Å². The number of halogens is 3. The molecule has 0 aliphatic rings. The Bertz CT molecular complexity index is 621. The maximum absolute atomic E-state index is 12.9. The van der Waals surface area contributed by atoms with Crippen molar-refractivity contribution < 1.29 is 36.6 Å². The highest BCUT2D eigenvalue weighted by atomic mass is 32.2. The van der Waals surface area contributed by atoms with Gasteiger partial charge < -0.3 is 10.2 Å². The van der Waals surface area contributed by atoms with Gasteiger partial charge in [0.25, 0.3) is 0 Å². The van der Waals surface area contributed by atoms with Crippen LogP contribution in [0.15, 0.2) is 17.0 Å². The van der Waals surface area contributed by atoms with Crippen LogP contribution in [0, 0.1) is 17.5 Å². The minimum Gasteiger partial charge on any atom is -0.479 e. The van der Waals surface area contributed by atoms with Crippen molar-refractivity contribution in [2.75, 3.05) is 6.54 Å². The minimum absolute atomic E-state index is 0.232. The average molecular weight is 313 g/mol. The third-order valence-electron chi connectivity index (χ3n) is 2.33. The predicted molar refractivity (Wildman–Crippen MR) is 59.8 cm³/mol. The molecule has 0 aliphatic heterocycles. The summed E-state index contributed by atoms with van der Waals surface area (Å²) in [5, 5.41) is 17.9. The van der Waals surface area contributed by atoms with Crippen LogP contribution in [0.5, 0.6) is 0 Å². The normalized spacial score (nSPS) is 14.8. The third-order valence-corrected chi connectivity index (χ3v) is 3.72. The first-order chi connectivity index (χ1) is 8.97. The molecule has 1 aromatic rings. The fourth-order valence-corrected chi connectivity index (χ4v) is 2.24. The summed E-state index contributed by atoms with van der Waals surface area (Å²) in [6.07, 6.45) is 0. The Kier molecular flexibility index (Phi) is 4.42. The molecule has 0 saturated heterocycles. The Labute approximate surface area is 111 Å². The lowest BCUT2D eigenvalue weighted by molar-refractivity contribution is -0.155. The van der Waals surface area contributed by atoms with Crippen molar-refractivity contribution in [3.05, 3.63) is 29.6 Å². The number of nitrogens with one attached hydrogen (secondary N) is 1. The molecule has 0 bridgehead atoms. The number of aliphatic carboxylic acids is 1. The molecule has 1 aromatic carbocycles. The number of benzene rings is 1. The van der Waals surface area contributed by atoms with Gasteiger partial charge in [0, 0.05) is 0 Å². The summed E-state index contributed by atoms with van der Waals surface area (Å²) < 4.78 is 63.5. The molecule has 1 rings (SSSR count). The van der Waals surface area contributed by atoms with E-state index in [1.807, 2.05) is 0 Å². The quantitative estimate of drug-likeness (QED) is 0.675. The van der Waals surface area contributed by atoms with Crippen LogP contribution in [0.4, 0.5) is 13.2 Å². The van der Waals surface area contributed by atoms with Crippen LogP contribution in [-0.2, 0) is 14.8 Å². The predicted octanol–water partition coefficient (Wildman–Crippen LogP) is 0.218. The maximum Gasteiger partial charge on any atom is 0.336 e. The molecular weight excluding hydrogens is 303 g/mol. The number of carboxylic acids is 1. The second-order valence-corrected chi connectivity index (χ2v) is 5.87. The fourth-order valence-electron chi connectivity index (χ4n) is 1.08. The number of carbonyl (C=O) groups is 1. The lowest BCUT2D eigenvalue weighted by Crippen LogP contribution is -2.46. The van der Waals surface area contributed by atoms with Crippen molar-refractivity contribution in [2.24, 2.45) is 0 Å². The van der Waals surface area contributed by atoms with E-state index in [0.29, 0.717) is 0 Å². The Morgan fingerprint density at radius 3 is 2.15 bits per heavy atom. The third kappa shape index (κ3) is 3.46. The highest BCUT2D eigenvalue weighted by Crippen LogP contribution is 2.17. The molecule has 0 spiro atoms. The Hall–Kier alpha value is -1.65. The number of carboxylic acid groups (broad SMARTS) is 1. The van der Waals surface area contributed by atoms with E-state index in [1.165, 1.54) is 0 Å². The molecule has 1 atom stereocenters. The van der Waals surface area contributed by atoms with Gasteiger partial charge in [0.2, 0.25) is 10.0 Å². The van der Waals surface area contributed by atoms with Crippen molar-refractivity contribution in [3.8, 4) is 0 Å². The largest absolute Gasteiger partial charge is 0.479 e. The first-order valence-corrected chi connectivity index (χ1v) is 6.55. The number of sulfonamides is 1. The molecule has 0 fully saturated rings. The monoisotopic (exact) mass is 313 g/mol. The lowest BCUT2D eigenvalue weighted by atomic mass is 10.1. The van der Waals surface area contributed by atoms with Crippen molar-refractivity contribution in [2.45, 2.75) is 17.4 Å². The zero-order valence-corrected chi connectivity index (χ0v) is 10.8. The van der Waals surface area contributed by atoms with E-state index in [2.05, 4.69) is 0 Å². The zero-order chi connectivity index (χ0) is 15.7. The Balaban J connectivity index is 3.04. The molecule has 0 radical (unpaired) electrons. The summed E-state index contributed by atoms with van der Waals surface area (Å²) in [5.41, 5.74) is -2.41. The minimum atomic E-state index is -4.51. The fraction of sp³-hybridized carbons (Fsp3) is 0.300. The van der Waals surface area contributed by atoms with E-state index in [9.17, 15) is 31.5 Å². The molecule has 0 aliphatic carbocycles. The van der Waals surface area contributed by atoms with Crippen LogP contribution in [0.25, 0.3) is 0 Å². The smallest absolute Gasteiger partial charge is 0.336 e. The van der Waals surface area contributed by atoms with Crippen LogP contribution in [-0.4, -0.2) is 36.7 Å². The van der Waals surface area contributed by atoms with Crippen LogP contribution in [0.2, 0.25) is 0 Å². The Morgan fingerprint density at radius 2 is 1.75 bits per heavy atom. The topological polar surface area (TPSA) is 104 Å². The summed E-state index contributed by atoms with van der Waals surface area (Å²) in [6, 6.07) is 0.465. The van der Waals surface area contributed by atoms with Crippen LogP contribution in [0.3, 0.4) is 0 Å². The number of hydrogen-bond donors (Lipinski definition) is 3. The van der Waals surface area contributed by atoms with Crippen LogP contribution in [0.1, 0.15) is 6.92 Å². The SMILES string of the molecule is CC(O)(CNS(=O)(=O)c1cc(F)c(F)c(F)c1)C(=O)O. The standard InChI is InChI=1S/C10H10F3NO5S/c1-10(17,9(15)16)4-14-20(18,19)5-2-6(11)8(13)7(12)3-5/h2-3,14,17H,4H2,1H3,(H,15,16). The molecule has 10 heteroatoms. The second-order valence-electron chi connectivity index (χ2n) is 4.10. The highest BCUT2D eigenvalue weighted by molar-refractivity contribution is 7.89. The Morgan fingerprint density at radius 1 is 1.30 bits per heavy atom. The van der Waals surface area contributed by atoms with E-state index in [-0.39, 0.29) is 12.1 Å². The number of rotatable bonds is 5. The van der Waals surface area contributed by atoms with Gasteiger partial charge in [-0.15, -0.1) is 0 Å². The van der Waals surface area contributed by atoms with Crippen molar-refractivity contribution in [1.82, 2.24) is 4.72 Å². The van der Waals surface area contributed by atoms with E-state index in [0.717, 1.165) is 6.92 Å². The van der Waals surface area contributed by atoms with Gasteiger partial charge >= 0.3 is 5.97 Å². The zero-order valence-electron chi connectivity index (χ0n) is 10.0. The summed E-state index contributed by atoms with van der Waals surface area (Å²) in [6.45, 7) is -0.116. The first kappa shape index (κ1) is 16.4. The molecule has 20 heavy (non-hydrogen) atoms. The molecule has 1 unspecified atom stereocenters. The van der Waals surface area contributed by atoms with Gasteiger partial charge in [-0.05, 0) is 19.1 Å². The number of aliphatic hydroxyl groups is 1. The average Bonchev–Trinajstić information content (AvgIpc) is 2.33. The first-order valence-electron chi connectivity index (χ1n) is 5.07. The van der Waals surface area contributed by atoms with Gasteiger partial charge in [-0.3, -0.25) is 0 Å². The lowest BCUT2D eigenvalue weighted by Gasteiger charge is -2.18.